The van der Waals surface area contributed by atoms with E-state index in [1.165, 1.54) is 19.4 Å². The molecule has 120 valence electrons. The van der Waals surface area contributed by atoms with E-state index in [0.29, 0.717) is 17.1 Å². The number of hydrogen-bond acceptors (Lipinski definition) is 5. The molecule has 2 rings (SSSR count). The van der Waals surface area contributed by atoms with Crippen LogP contribution in [0.25, 0.3) is 0 Å². The summed E-state index contributed by atoms with van der Waals surface area (Å²) in [6.45, 7) is -0.206. The molecular weight excluding hydrogens is 364 g/mol. The molecule has 7 heteroatoms. The van der Waals surface area contributed by atoms with Crippen LogP contribution < -0.4 is 14.9 Å². The largest absolute Gasteiger partial charge is 0.507 e. The normalized spacial score (nSPS) is 10.5. The second-order valence-corrected chi connectivity index (χ2v) is 5.35. The monoisotopic (exact) mass is 378 g/mol. The molecule has 0 saturated carbocycles. The van der Waals surface area contributed by atoms with Gasteiger partial charge in [-0.25, -0.2) is 5.43 Å². The zero-order chi connectivity index (χ0) is 16.7. The molecule has 6 nitrogen and oxygen atoms in total. The van der Waals surface area contributed by atoms with E-state index in [1.807, 2.05) is 0 Å². The van der Waals surface area contributed by atoms with Gasteiger partial charge in [0.05, 0.1) is 13.3 Å². The number of phenolic OH excluding ortho intramolecular Hbond substituents is 1. The number of carbonyl (C=O) groups is 1. The van der Waals surface area contributed by atoms with Gasteiger partial charge in [-0.15, -0.1) is 0 Å². The highest BCUT2D eigenvalue weighted by molar-refractivity contribution is 9.10. The highest BCUT2D eigenvalue weighted by atomic mass is 79.9. The number of hydrazone groups is 1. The summed E-state index contributed by atoms with van der Waals surface area (Å²) in [7, 11) is 1.52. The van der Waals surface area contributed by atoms with Gasteiger partial charge in [0.1, 0.15) is 5.75 Å². The summed E-state index contributed by atoms with van der Waals surface area (Å²) in [6, 6.07) is 11.9. The molecule has 0 unspecified atom stereocenters. The molecule has 2 aromatic rings. The van der Waals surface area contributed by atoms with Crippen molar-refractivity contribution in [2.24, 2.45) is 5.10 Å². The van der Waals surface area contributed by atoms with Gasteiger partial charge in [-0.3, -0.25) is 4.79 Å². The lowest BCUT2D eigenvalue weighted by Crippen LogP contribution is -2.24. The third-order valence-corrected chi connectivity index (χ3v) is 3.30. The molecule has 1 amide bonds. The van der Waals surface area contributed by atoms with Crippen molar-refractivity contribution in [2.75, 3.05) is 13.7 Å². The Morgan fingerprint density at radius 3 is 2.78 bits per heavy atom. The minimum Gasteiger partial charge on any atom is -0.507 e. The van der Waals surface area contributed by atoms with Crippen molar-refractivity contribution >= 4 is 28.1 Å². The average molecular weight is 379 g/mol. The first kappa shape index (κ1) is 16.8. The Morgan fingerprint density at radius 1 is 1.30 bits per heavy atom. The summed E-state index contributed by atoms with van der Waals surface area (Å²) in [5.41, 5.74) is 2.80. The molecule has 0 aliphatic rings. The van der Waals surface area contributed by atoms with Crippen LogP contribution in [0.3, 0.4) is 0 Å². The third-order valence-electron chi connectivity index (χ3n) is 2.81. The van der Waals surface area contributed by atoms with E-state index < -0.39 is 5.91 Å². The molecule has 0 heterocycles. The van der Waals surface area contributed by atoms with Gasteiger partial charge >= 0.3 is 0 Å². The van der Waals surface area contributed by atoms with Crippen LogP contribution in [0.5, 0.6) is 17.2 Å². The molecule has 0 aromatic heterocycles. The maximum atomic E-state index is 11.7. The number of phenols is 1. The van der Waals surface area contributed by atoms with Gasteiger partial charge in [0, 0.05) is 10.0 Å². The van der Waals surface area contributed by atoms with E-state index in [2.05, 4.69) is 26.5 Å². The molecule has 0 radical (unpaired) electrons. The molecule has 2 aromatic carbocycles. The van der Waals surface area contributed by atoms with Crippen LogP contribution in [0.1, 0.15) is 5.56 Å². The van der Waals surface area contributed by atoms with Crippen LogP contribution >= 0.6 is 15.9 Å². The van der Waals surface area contributed by atoms with E-state index in [4.69, 9.17) is 9.47 Å². The van der Waals surface area contributed by atoms with Crippen molar-refractivity contribution in [2.45, 2.75) is 0 Å². The van der Waals surface area contributed by atoms with Crippen molar-refractivity contribution in [3.63, 3.8) is 0 Å². The minimum atomic E-state index is -0.429. The van der Waals surface area contributed by atoms with E-state index >= 15 is 0 Å². The third kappa shape index (κ3) is 5.00. The summed E-state index contributed by atoms with van der Waals surface area (Å²) in [5.74, 6) is 0.653. The predicted molar refractivity (Wildman–Crippen MR) is 90.0 cm³/mol. The maximum absolute atomic E-state index is 11.7. The lowest BCUT2D eigenvalue weighted by molar-refractivity contribution is -0.123. The zero-order valence-corrected chi connectivity index (χ0v) is 13.9. The molecule has 0 saturated heterocycles. The molecule has 0 aliphatic heterocycles. The lowest BCUT2D eigenvalue weighted by atomic mass is 10.2. The number of nitrogens with one attached hydrogen (secondary N) is 1. The van der Waals surface area contributed by atoms with E-state index in [0.717, 1.165) is 4.47 Å². The summed E-state index contributed by atoms with van der Waals surface area (Å²) in [4.78, 5) is 11.7. The lowest BCUT2D eigenvalue weighted by Gasteiger charge is -2.09. The van der Waals surface area contributed by atoms with Gasteiger partial charge in [-0.05, 0) is 30.3 Å². The standard InChI is InChI=1S/C16H15BrN2O4/c1-22-14-4-2-3-5-15(14)23-10-16(21)19-18-9-11-8-12(17)6-7-13(11)20/h2-9,20H,10H2,1H3,(H,19,21)/b18-9-. The number of ether oxygens (including phenoxy) is 2. The van der Waals surface area contributed by atoms with Crippen LogP contribution in [0.2, 0.25) is 0 Å². The topological polar surface area (TPSA) is 80.2 Å². The molecule has 0 bridgehead atoms. The molecule has 0 fully saturated rings. The smallest absolute Gasteiger partial charge is 0.277 e. The summed E-state index contributed by atoms with van der Waals surface area (Å²) in [5, 5.41) is 13.4. The van der Waals surface area contributed by atoms with Gasteiger partial charge < -0.3 is 14.6 Å². The number of aromatic hydroxyl groups is 1. The Balaban J connectivity index is 1.88. The Morgan fingerprint density at radius 2 is 2.04 bits per heavy atom. The Hall–Kier alpha value is -2.54. The number of nitrogens with zero attached hydrogens (tertiary/aromatic N) is 1. The number of hydrogen-bond donors (Lipinski definition) is 2. The zero-order valence-electron chi connectivity index (χ0n) is 12.3. The number of halogens is 1. The summed E-state index contributed by atoms with van der Waals surface area (Å²) in [6.07, 6.45) is 1.35. The van der Waals surface area contributed by atoms with Gasteiger partial charge in [-0.2, -0.15) is 5.10 Å². The Kier molecular flexibility index (Phi) is 5.99. The first-order chi connectivity index (χ1) is 11.1. The number of methoxy groups -OCH3 is 1. The summed E-state index contributed by atoms with van der Waals surface area (Å²) < 4.78 is 11.3. The van der Waals surface area contributed by atoms with Crippen LogP contribution in [0.4, 0.5) is 0 Å². The first-order valence-electron chi connectivity index (χ1n) is 6.66. The fourth-order valence-corrected chi connectivity index (χ4v) is 2.10. The second kappa shape index (κ2) is 8.19. The van der Waals surface area contributed by atoms with Crippen molar-refractivity contribution in [1.29, 1.82) is 0 Å². The van der Waals surface area contributed by atoms with Gasteiger partial charge in [-0.1, -0.05) is 28.1 Å². The van der Waals surface area contributed by atoms with Crippen LogP contribution in [-0.4, -0.2) is 30.9 Å². The number of rotatable bonds is 6. The van der Waals surface area contributed by atoms with E-state index in [1.54, 1.807) is 36.4 Å². The molecule has 0 spiro atoms. The van der Waals surface area contributed by atoms with Gasteiger partial charge in [0.15, 0.2) is 18.1 Å². The predicted octanol–water partition coefficient (Wildman–Crippen LogP) is 2.69. The maximum Gasteiger partial charge on any atom is 0.277 e. The van der Waals surface area contributed by atoms with Crippen molar-refractivity contribution in [1.82, 2.24) is 5.43 Å². The highest BCUT2D eigenvalue weighted by Gasteiger charge is 2.06. The summed E-state index contributed by atoms with van der Waals surface area (Å²) >= 11 is 3.29. The van der Waals surface area contributed by atoms with Crippen molar-refractivity contribution in [3.8, 4) is 17.2 Å². The van der Waals surface area contributed by atoms with Crippen molar-refractivity contribution in [3.05, 3.63) is 52.5 Å². The van der Waals surface area contributed by atoms with Crippen molar-refractivity contribution < 1.29 is 19.4 Å². The molecular formula is C16H15BrN2O4. The first-order valence-corrected chi connectivity index (χ1v) is 7.45. The van der Waals surface area contributed by atoms with Gasteiger partial charge in [0.2, 0.25) is 0 Å². The fourth-order valence-electron chi connectivity index (χ4n) is 1.72. The Labute approximate surface area is 141 Å². The quantitative estimate of drug-likeness (QED) is 0.598. The second-order valence-electron chi connectivity index (χ2n) is 4.44. The minimum absolute atomic E-state index is 0.0662. The number of amides is 1. The number of para-hydroxylation sites is 2. The molecule has 0 aliphatic carbocycles. The Bertz CT molecular complexity index is 719. The van der Waals surface area contributed by atoms with E-state index in [-0.39, 0.29) is 12.4 Å². The number of carbonyl (C=O) groups excluding carboxylic acids is 1. The van der Waals surface area contributed by atoms with Crippen LogP contribution in [0.15, 0.2) is 52.0 Å². The van der Waals surface area contributed by atoms with Crippen LogP contribution in [-0.2, 0) is 4.79 Å². The van der Waals surface area contributed by atoms with Gasteiger partial charge in [0.25, 0.3) is 5.91 Å². The van der Waals surface area contributed by atoms with E-state index in [9.17, 15) is 9.90 Å². The SMILES string of the molecule is COc1ccccc1OCC(=O)N/N=C\c1cc(Br)ccc1O. The molecule has 0 atom stereocenters. The molecule has 2 N–H and O–H groups in total. The van der Waals surface area contributed by atoms with Crippen LogP contribution in [0, 0.1) is 0 Å². The average Bonchev–Trinajstić information content (AvgIpc) is 2.56. The fraction of sp³-hybridized carbons (Fsp3) is 0.125. The number of benzene rings is 2. The molecule has 23 heavy (non-hydrogen) atoms. The highest BCUT2D eigenvalue weighted by Crippen LogP contribution is 2.25.